The number of fused-ring (bicyclic) bond motifs is 3. The van der Waals surface area contributed by atoms with Crippen LogP contribution >= 0.6 is 0 Å². The minimum Gasteiger partial charge on any atom is -0.460 e. The minimum absolute atomic E-state index is 0.00535. The van der Waals surface area contributed by atoms with Gasteiger partial charge in [-0.2, -0.15) is 0 Å². The number of ketones is 3. The van der Waals surface area contributed by atoms with E-state index in [2.05, 4.69) is 0 Å². The molecule has 2 bridgehead atoms. The van der Waals surface area contributed by atoms with Gasteiger partial charge in [0.2, 0.25) is 5.79 Å². The molecule has 2 saturated heterocycles. The maximum absolute atomic E-state index is 14.7. The van der Waals surface area contributed by atoms with Crippen LogP contribution in [0.25, 0.3) is 0 Å². The zero-order chi connectivity index (χ0) is 59.0. The molecule has 3 fully saturated rings. The fraction of sp³-hybridized carbons (Fsp3) is 0.794. The Labute approximate surface area is 473 Å². The second kappa shape index (κ2) is 31.3. The van der Waals surface area contributed by atoms with Crippen LogP contribution in [-0.4, -0.2) is 155 Å². The summed E-state index contributed by atoms with van der Waals surface area (Å²) in [6.45, 7) is 25.2. The lowest BCUT2D eigenvalue weighted by molar-refractivity contribution is -0.266. The Morgan fingerprint density at radius 2 is 1.53 bits per heavy atom. The number of ether oxygens (including phenoxy) is 7. The number of aliphatic hydroxyl groups is 3. The van der Waals surface area contributed by atoms with Gasteiger partial charge >= 0.3 is 5.97 Å². The zero-order valence-corrected chi connectivity index (χ0v) is 50.8. The maximum Gasteiger partial charge on any atom is 0.329 e. The maximum atomic E-state index is 14.7. The number of nitrogens with zero attached hydrogens (tertiary/aromatic N) is 1. The molecule has 1 amide bonds. The highest BCUT2D eigenvalue weighted by atomic mass is 16.6. The average Bonchev–Trinajstić information content (AvgIpc) is 3.44. The fourth-order valence-corrected chi connectivity index (χ4v) is 11.8. The number of cyclic esters (lactones) is 1. The zero-order valence-electron chi connectivity index (χ0n) is 50.8. The molecule has 0 aromatic heterocycles. The number of hydrogen-bond acceptors (Lipinski definition) is 15. The Bertz CT molecular complexity index is 2110. The number of aliphatic hydroxyl groups excluding tert-OH is 2. The van der Waals surface area contributed by atoms with Crippen LogP contribution in [-0.2, 0) is 57.1 Å². The Kier molecular flexibility index (Phi) is 26.9. The summed E-state index contributed by atoms with van der Waals surface area (Å²) < 4.78 is 43.6. The van der Waals surface area contributed by atoms with E-state index in [1.807, 2.05) is 99.6 Å². The predicted molar refractivity (Wildman–Crippen MR) is 304 cm³/mol. The fourth-order valence-electron chi connectivity index (χ4n) is 11.8. The molecule has 3 aliphatic heterocycles. The van der Waals surface area contributed by atoms with Crippen LogP contribution in [0, 0.1) is 35.5 Å². The van der Waals surface area contributed by atoms with Gasteiger partial charge in [-0.15, -0.1) is 0 Å². The topological polar surface area (TPSA) is 214 Å². The van der Waals surface area contributed by atoms with Gasteiger partial charge in [0.25, 0.3) is 11.7 Å². The first-order valence-corrected chi connectivity index (χ1v) is 29.6. The number of rotatable bonds is 15. The van der Waals surface area contributed by atoms with Crippen LogP contribution in [0.15, 0.2) is 47.6 Å². The van der Waals surface area contributed by atoms with E-state index in [0.717, 1.165) is 12.0 Å². The molecular weight excluding hydrogens is 1010 g/mol. The third-order valence-corrected chi connectivity index (χ3v) is 17.0. The van der Waals surface area contributed by atoms with Crippen LogP contribution in [0.2, 0.25) is 0 Å². The van der Waals surface area contributed by atoms with Gasteiger partial charge < -0.3 is 53.4 Å². The number of amides is 1. The molecule has 15 atom stereocenters. The average molecular weight is 1110 g/mol. The molecule has 0 aromatic carbocycles. The van der Waals surface area contributed by atoms with E-state index in [1.54, 1.807) is 34.0 Å². The van der Waals surface area contributed by atoms with Crippen molar-refractivity contribution in [1.82, 2.24) is 4.90 Å². The SMILES string of the molecule is CO[C@@H]1C[C@H](C[C@@H](C)[C@@H]2CC(=O)[C@H](C)/C=C(\C)[C@@H](O)[C@@H](OC)C(=O)[C@H](C)C[C@H](C)/C=C/C=C/C=C(\C)C(OC(C)C)C[C@@H]3CC[C@@H](C)[C@@](O)(O3)C(=O)C(=O)N3CCCC[C@H]3C(=O)O2)CC[C@H]1OC(C)(C)CCOC(C)(C)CCO. The molecular formula is C63H103NO15. The number of carbonyl (C=O) groups is 5. The summed E-state index contributed by atoms with van der Waals surface area (Å²) in [5, 5.41) is 33.2. The van der Waals surface area contributed by atoms with Gasteiger partial charge in [0.05, 0.1) is 48.3 Å². The number of methoxy groups -OCH3 is 2. The monoisotopic (exact) mass is 1110 g/mol. The van der Waals surface area contributed by atoms with Crippen molar-refractivity contribution < 1.29 is 72.5 Å². The number of allylic oxidation sites excluding steroid dienone is 6. The van der Waals surface area contributed by atoms with Gasteiger partial charge in [-0.1, -0.05) is 71.1 Å². The van der Waals surface area contributed by atoms with Crippen molar-refractivity contribution in [3.63, 3.8) is 0 Å². The van der Waals surface area contributed by atoms with E-state index in [1.165, 1.54) is 12.0 Å². The second-order valence-electron chi connectivity index (χ2n) is 25.2. The molecule has 4 aliphatic rings. The summed E-state index contributed by atoms with van der Waals surface area (Å²) in [6, 6.07) is -1.16. The first kappa shape index (κ1) is 68.1. The predicted octanol–water partition coefficient (Wildman–Crippen LogP) is 9.33. The van der Waals surface area contributed by atoms with Crippen molar-refractivity contribution in [2.75, 3.05) is 34.0 Å². The Balaban J connectivity index is 1.67. The number of Topliss-reactive ketones (excluding diaryl/α,β-unsaturated/α-hetero) is 3. The second-order valence-corrected chi connectivity index (χ2v) is 25.2. The largest absolute Gasteiger partial charge is 0.460 e. The molecule has 0 spiro atoms. The first-order valence-electron chi connectivity index (χ1n) is 29.6. The van der Waals surface area contributed by atoms with Crippen molar-refractivity contribution in [1.29, 1.82) is 0 Å². The standard InChI is InChI=1S/C63H103NO15/c1-39(2)76-52-37-48-26-24-46(9)63(72,78-48)58(69)59(70)64-30-20-19-23-49(64)60(71)77-53(43(6)35-47-25-27-51(54(36-47)73-14)79-62(12,13)29-32-75-61(10,11)28-31-65)38-50(66)42(5)34-45(8)56(68)57(74-15)55(67)44(7)33-40(3)21-17-16-18-22-41(52)4/h16-18,21-22,34,39-40,42-44,46-49,51-54,56-57,65,68,72H,19-20,23-33,35-38H2,1-15H3/b18-16+,21-17+,41-22+,45-34+/t40-,42-,43-,44-,46-,47+,48+,49+,51-,52?,53+,54-,56-,57+,63-/m1/s1. The van der Waals surface area contributed by atoms with Crippen molar-refractivity contribution in [3.8, 4) is 0 Å². The van der Waals surface area contributed by atoms with Crippen LogP contribution < -0.4 is 0 Å². The molecule has 16 heteroatoms. The summed E-state index contributed by atoms with van der Waals surface area (Å²) in [5.74, 6) is -8.06. The van der Waals surface area contributed by atoms with Gasteiger partial charge in [-0.05, 0) is 161 Å². The number of carbonyl (C=O) groups excluding carboxylic acids is 5. The quantitative estimate of drug-likeness (QED) is 0.0792. The summed E-state index contributed by atoms with van der Waals surface area (Å²) >= 11 is 0. The van der Waals surface area contributed by atoms with E-state index in [-0.39, 0.29) is 73.6 Å². The van der Waals surface area contributed by atoms with Crippen molar-refractivity contribution in [3.05, 3.63) is 47.6 Å². The van der Waals surface area contributed by atoms with Gasteiger partial charge in [0.15, 0.2) is 5.78 Å². The van der Waals surface area contributed by atoms with Gasteiger partial charge in [0, 0.05) is 58.0 Å². The molecule has 79 heavy (non-hydrogen) atoms. The molecule has 0 radical (unpaired) electrons. The van der Waals surface area contributed by atoms with Crippen LogP contribution in [0.5, 0.6) is 0 Å². The minimum atomic E-state index is -2.45. The molecule has 4 rings (SSSR count). The lowest BCUT2D eigenvalue weighted by atomic mass is 9.78. The summed E-state index contributed by atoms with van der Waals surface area (Å²) in [6.07, 6.45) is 13.0. The highest BCUT2D eigenvalue weighted by molar-refractivity contribution is 6.39. The Morgan fingerprint density at radius 3 is 2.19 bits per heavy atom. The summed E-state index contributed by atoms with van der Waals surface area (Å²) in [4.78, 5) is 73.2. The van der Waals surface area contributed by atoms with Crippen LogP contribution in [0.3, 0.4) is 0 Å². The first-order chi connectivity index (χ1) is 37.1. The normalized spacial score (nSPS) is 35.9. The third-order valence-electron chi connectivity index (χ3n) is 17.0. The highest BCUT2D eigenvalue weighted by Gasteiger charge is 2.53. The van der Waals surface area contributed by atoms with Gasteiger partial charge in [0.1, 0.15) is 30.1 Å². The van der Waals surface area contributed by atoms with E-state index in [9.17, 15) is 39.3 Å². The molecule has 3 N–H and O–H groups in total. The van der Waals surface area contributed by atoms with Crippen molar-refractivity contribution in [2.24, 2.45) is 35.5 Å². The number of piperidine rings is 1. The lowest BCUT2D eigenvalue weighted by Gasteiger charge is -2.43. The summed E-state index contributed by atoms with van der Waals surface area (Å²) in [7, 11) is 3.07. The highest BCUT2D eigenvalue weighted by Crippen LogP contribution is 2.39. The Hall–Kier alpha value is -3.45. The van der Waals surface area contributed by atoms with Crippen molar-refractivity contribution in [2.45, 2.75) is 252 Å². The van der Waals surface area contributed by atoms with E-state index in [0.29, 0.717) is 82.8 Å². The molecule has 1 unspecified atom stereocenters. The van der Waals surface area contributed by atoms with E-state index >= 15 is 0 Å². The molecule has 1 aliphatic carbocycles. The van der Waals surface area contributed by atoms with Gasteiger partial charge in [-0.25, -0.2) is 4.79 Å². The molecule has 450 valence electrons. The van der Waals surface area contributed by atoms with Gasteiger partial charge in [-0.3, -0.25) is 19.2 Å². The lowest BCUT2D eigenvalue weighted by Crippen LogP contribution is -2.61. The molecule has 3 heterocycles. The van der Waals surface area contributed by atoms with Crippen LogP contribution in [0.4, 0.5) is 0 Å². The smallest absolute Gasteiger partial charge is 0.329 e. The summed E-state index contributed by atoms with van der Waals surface area (Å²) in [5.41, 5.74) is 0.307. The van der Waals surface area contributed by atoms with E-state index in [4.69, 9.17) is 33.2 Å². The van der Waals surface area contributed by atoms with Crippen molar-refractivity contribution >= 4 is 29.2 Å². The molecule has 0 aromatic rings. The molecule has 1 saturated carbocycles. The van der Waals surface area contributed by atoms with Crippen LogP contribution in [0.1, 0.15) is 180 Å². The Morgan fingerprint density at radius 1 is 0.823 bits per heavy atom. The van der Waals surface area contributed by atoms with E-state index < -0.39 is 89.0 Å². The number of esters is 1. The third kappa shape index (κ3) is 20.1. The number of hydrogen-bond donors (Lipinski definition) is 3. The molecule has 16 nitrogen and oxygen atoms in total.